The highest BCUT2D eigenvalue weighted by molar-refractivity contribution is 7.10. The molecule has 3 nitrogen and oxygen atoms in total. The van der Waals surface area contributed by atoms with Crippen LogP contribution >= 0.6 is 11.3 Å². The van der Waals surface area contributed by atoms with Crippen molar-refractivity contribution in [3.63, 3.8) is 0 Å². The maximum Gasteiger partial charge on any atom is 0.316 e. The highest BCUT2D eigenvalue weighted by Crippen LogP contribution is 2.19. The molecule has 0 radical (unpaired) electrons. The number of benzene rings is 1. The first kappa shape index (κ1) is 12.5. The molecular formula is C14H12O3S. The predicted octanol–water partition coefficient (Wildman–Crippen LogP) is 3.02. The topological polar surface area (TPSA) is 43.4 Å². The molecule has 18 heavy (non-hydrogen) atoms. The zero-order valence-electron chi connectivity index (χ0n) is 9.88. The average Bonchev–Trinajstić information content (AvgIpc) is 2.84. The Morgan fingerprint density at radius 1 is 1.39 bits per heavy atom. The first-order valence-corrected chi connectivity index (χ1v) is 6.36. The van der Waals surface area contributed by atoms with Gasteiger partial charge in [0.05, 0.1) is 12.0 Å². The molecule has 0 aliphatic rings. The van der Waals surface area contributed by atoms with Crippen LogP contribution in [0.4, 0.5) is 0 Å². The highest BCUT2D eigenvalue weighted by atomic mass is 32.1. The van der Waals surface area contributed by atoms with E-state index in [1.807, 2.05) is 24.4 Å². The SMILES string of the molecule is Cc1ccc(OC(=O)Cc2cccs2)c(C=O)c1. The van der Waals surface area contributed by atoms with Crippen molar-refractivity contribution < 1.29 is 14.3 Å². The number of aryl methyl sites for hydroxylation is 1. The van der Waals surface area contributed by atoms with Crippen LogP contribution in [0.2, 0.25) is 0 Å². The molecule has 1 heterocycles. The van der Waals surface area contributed by atoms with E-state index in [-0.39, 0.29) is 12.4 Å². The van der Waals surface area contributed by atoms with Crippen LogP contribution in [0.1, 0.15) is 20.8 Å². The molecule has 1 aromatic carbocycles. The number of hydrogen-bond acceptors (Lipinski definition) is 4. The van der Waals surface area contributed by atoms with Crippen LogP contribution in [0.15, 0.2) is 35.7 Å². The zero-order chi connectivity index (χ0) is 13.0. The lowest BCUT2D eigenvalue weighted by Crippen LogP contribution is -2.11. The fraction of sp³-hybridized carbons (Fsp3) is 0.143. The largest absolute Gasteiger partial charge is 0.425 e. The van der Waals surface area contributed by atoms with Crippen LogP contribution in [0.5, 0.6) is 5.75 Å². The predicted molar refractivity (Wildman–Crippen MR) is 70.2 cm³/mol. The zero-order valence-corrected chi connectivity index (χ0v) is 10.7. The second kappa shape index (κ2) is 5.60. The third kappa shape index (κ3) is 3.05. The molecule has 0 bridgehead atoms. The maximum atomic E-state index is 11.7. The van der Waals surface area contributed by atoms with E-state index in [2.05, 4.69) is 0 Å². The van der Waals surface area contributed by atoms with Crippen molar-refractivity contribution in [3.05, 3.63) is 51.7 Å². The minimum atomic E-state index is -0.357. The van der Waals surface area contributed by atoms with Crippen molar-refractivity contribution in [2.45, 2.75) is 13.3 Å². The van der Waals surface area contributed by atoms with E-state index < -0.39 is 0 Å². The molecule has 0 aliphatic carbocycles. The quantitative estimate of drug-likeness (QED) is 0.482. The summed E-state index contributed by atoms with van der Waals surface area (Å²) < 4.78 is 5.20. The maximum absolute atomic E-state index is 11.7. The summed E-state index contributed by atoms with van der Waals surface area (Å²) in [7, 11) is 0. The van der Waals surface area contributed by atoms with Crippen molar-refractivity contribution in [1.82, 2.24) is 0 Å². The van der Waals surface area contributed by atoms with Gasteiger partial charge in [0.2, 0.25) is 0 Å². The van der Waals surface area contributed by atoms with E-state index in [0.717, 1.165) is 10.4 Å². The number of esters is 1. The van der Waals surface area contributed by atoms with Crippen LogP contribution in [-0.4, -0.2) is 12.3 Å². The molecule has 92 valence electrons. The second-order valence-electron chi connectivity index (χ2n) is 3.89. The van der Waals surface area contributed by atoms with Crippen LogP contribution in [-0.2, 0) is 11.2 Å². The summed E-state index contributed by atoms with van der Waals surface area (Å²) in [4.78, 5) is 23.5. The summed E-state index contributed by atoms with van der Waals surface area (Å²) in [5.41, 5.74) is 1.35. The van der Waals surface area contributed by atoms with E-state index >= 15 is 0 Å². The Hall–Kier alpha value is -1.94. The second-order valence-corrected chi connectivity index (χ2v) is 4.92. The lowest BCUT2D eigenvalue weighted by Gasteiger charge is -2.06. The van der Waals surface area contributed by atoms with Gasteiger partial charge in [0.15, 0.2) is 6.29 Å². The van der Waals surface area contributed by atoms with Crippen molar-refractivity contribution >= 4 is 23.6 Å². The Bertz CT molecular complexity index is 558. The van der Waals surface area contributed by atoms with Gasteiger partial charge in [0.25, 0.3) is 0 Å². The lowest BCUT2D eigenvalue weighted by atomic mass is 10.1. The summed E-state index contributed by atoms with van der Waals surface area (Å²) in [5.74, 6) is -0.0402. The first-order chi connectivity index (χ1) is 8.69. The smallest absolute Gasteiger partial charge is 0.316 e. The molecule has 0 spiro atoms. The number of carbonyl (C=O) groups excluding carboxylic acids is 2. The molecule has 0 fully saturated rings. The van der Waals surface area contributed by atoms with Crippen molar-refractivity contribution in [1.29, 1.82) is 0 Å². The van der Waals surface area contributed by atoms with Gasteiger partial charge in [-0.25, -0.2) is 0 Å². The summed E-state index contributed by atoms with van der Waals surface area (Å²) >= 11 is 1.50. The molecular weight excluding hydrogens is 248 g/mol. The minimum Gasteiger partial charge on any atom is -0.425 e. The lowest BCUT2D eigenvalue weighted by molar-refractivity contribution is -0.133. The van der Waals surface area contributed by atoms with E-state index in [9.17, 15) is 9.59 Å². The fourth-order valence-corrected chi connectivity index (χ4v) is 2.26. The molecule has 4 heteroatoms. The van der Waals surface area contributed by atoms with Gasteiger partial charge in [-0.15, -0.1) is 11.3 Å². The normalized spacial score (nSPS) is 10.1. The fourth-order valence-electron chi connectivity index (χ4n) is 1.57. The van der Waals surface area contributed by atoms with Gasteiger partial charge in [0, 0.05) is 4.88 Å². The molecule has 0 N–H and O–H groups in total. The number of ether oxygens (including phenoxy) is 1. The Labute approximate surface area is 109 Å². The number of aldehydes is 1. The van der Waals surface area contributed by atoms with Crippen LogP contribution in [0.3, 0.4) is 0 Å². The molecule has 0 saturated heterocycles. The Balaban J connectivity index is 2.09. The van der Waals surface area contributed by atoms with Crippen molar-refractivity contribution in [2.24, 2.45) is 0 Å². The number of rotatable bonds is 4. The van der Waals surface area contributed by atoms with Crippen molar-refractivity contribution in [2.75, 3.05) is 0 Å². The summed E-state index contributed by atoms with van der Waals surface area (Å²) in [5, 5.41) is 1.91. The van der Waals surface area contributed by atoms with E-state index in [1.165, 1.54) is 11.3 Å². The molecule has 0 amide bonds. The van der Waals surface area contributed by atoms with Gasteiger partial charge in [0.1, 0.15) is 5.75 Å². The van der Waals surface area contributed by atoms with E-state index in [4.69, 9.17) is 4.74 Å². The molecule has 2 aromatic rings. The minimum absolute atomic E-state index is 0.226. The third-order valence-electron chi connectivity index (χ3n) is 2.41. The van der Waals surface area contributed by atoms with Gasteiger partial charge in [-0.1, -0.05) is 17.7 Å². The van der Waals surface area contributed by atoms with E-state index in [1.54, 1.807) is 18.2 Å². The molecule has 1 aromatic heterocycles. The first-order valence-electron chi connectivity index (χ1n) is 5.48. The number of thiophene rings is 1. The summed E-state index contributed by atoms with van der Waals surface area (Å²) in [6.07, 6.45) is 0.921. The Morgan fingerprint density at radius 3 is 2.89 bits per heavy atom. The van der Waals surface area contributed by atoms with Crippen molar-refractivity contribution in [3.8, 4) is 5.75 Å². The van der Waals surface area contributed by atoms with Crippen LogP contribution in [0, 0.1) is 6.92 Å². The molecule has 2 rings (SSSR count). The Kier molecular flexibility index (Phi) is 3.89. The molecule has 0 saturated carbocycles. The molecule has 0 atom stereocenters. The molecule has 0 aliphatic heterocycles. The van der Waals surface area contributed by atoms with Gasteiger partial charge >= 0.3 is 5.97 Å². The highest BCUT2D eigenvalue weighted by Gasteiger charge is 2.10. The standard InChI is InChI=1S/C14H12O3S/c1-10-4-5-13(11(7-10)9-15)17-14(16)8-12-3-2-6-18-12/h2-7,9H,8H2,1H3. The average molecular weight is 260 g/mol. The van der Waals surface area contributed by atoms with E-state index in [0.29, 0.717) is 17.6 Å². The van der Waals surface area contributed by atoms with Crippen LogP contribution < -0.4 is 4.74 Å². The van der Waals surface area contributed by atoms with Gasteiger partial charge < -0.3 is 4.74 Å². The number of carbonyl (C=O) groups is 2. The molecule has 0 unspecified atom stereocenters. The Morgan fingerprint density at radius 2 is 2.22 bits per heavy atom. The third-order valence-corrected chi connectivity index (χ3v) is 3.29. The van der Waals surface area contributed by atoms with Gasteiger partial charge in [-0.2, -0.15) is 0 Å². The number of hydrogen-bond donors (Lipinski definition) is 0. The monoisotopic (exact) mass is 260 g/mol. The summed E-state index contributed by atoms with van der Waals surface area (Å²) in [6, 6.07) is 8.91. The van der Waals surface area contributed by atoms with Gasteiger partial charge in [-0.05, 0) is 30.5 Å². The van der Waals surface area contributed by atoms with Gasteiger partial charge in [-0.3, -0.25) is 9.59 Å². The van der Waals surface area contributed by atoms with Crippen LogP contribution in [0.25, 0.3) is 0 Å². The summed E-state index contributed by atoms with van der Waals surface area (Å²) in [6.45, 7) is 1.88.